The van der Waals surface area contributed by atoms with Gasteiger partial charge in [0, 0.05) is 12.0 Å². The molecular weight excluding hydrogens is 224 g/mol. The van der Waals surface area contributed by atoms with Gasteiger partial charge in [0.2, 0.25) is 0 Å². The summed E-state index contributed by atoms with van der Waals surface area (Å²) in [5, 5.41) is 2.42. The number of methoxy groups -OCH3 is 1. The fraction of sp³-hybridized carbons (Fsp3) is 0.188. The Labute approximate surface area is 106 Å². The molecule has 18 heavy (non-hydrogen) atoms. The lowest BCUT2D eigenvalue weighted by atomic mass is 9.98. The molecule has 0 radical (unpaired) electrons. The van der Waals surface area contributed by atoms with E-state index in [1.165, 1.54) is 29.0 Å². The van der Waals surface area contributed by atoms with Gasteiger partial charge in [-0.15, -0.1) is 0 Å². The van der Waals surface area contributed by atoms with Crippen LogP contribution in [0.3, 0.4) is 0 Å². The number of carbonyl (C=O) groups is 1. The minimum absolute atomic E-state index is 0.215. The monoisotopic (exact) mass is 238 g/mol. The van der Waals surface area contributed by atoms with Crippen molar-refractivity contribution in [3.8, 4) is 0 Å². The van der Waals surface area contributed by atoms with Crippen molar-refractivity contribution in [2.24, 2.45) is 0 Å². The van der Waals surface area contributed by atoms with Crippen LogP contribution >= 0.6 is 0 Å². The number of allylic oxidation sites excluding steroid dienone is 1. The van der Waals surface area contributed by atoms with Crippen LogP contribution in [0.25, 0.3) is 16.3 Å². The third-order valence-electron chi connectivity index (χ3n) is 3.64. The van der Waals surface area contributed by atoms with Gasteiger partial charge in [0.15, 0.2) is 0 Å². The predicted octanol–water partition coefficient (Wildman–Crippen LogP) is 3.34. The quantitative estimate of drug-likeness (QED) is 0.712. The van der Waals surface area contributed by atoms with E-state index in [4.69, 9.17) is 4.74 Å². The van der Waals surface area contributed by atoms with E-state index in [0.29, 0.717) is 6.42 Å². The number of benzene rings is 2. The second-order valence-electron chi connectivity index (χ2n) is 4.59. The molecule has 0 aromatic heterocycles. The molecule has 1 aliphatic carbocycles. The predicted molar refractivity (Wildman–Crippen MR) is 72.3 cm³/mol. The largest absolute Gasteiger partial charge is 0.466 e. The number of esters is 1. The summed E-state index contributed by atoms with van der Waals surface area (Å²) < 4.78 is 4.85. The van der Waals surface area contributed by atoms with Gasteiger partial charge in [-0.25, -0.2) is 4.79 Å². The van der Waals surface area contributed by atoms with E-state index in [1.54, 1.807) is 0 Å². The zero-order valence-corrected chi connectivity index (χ0v) is 10.5. The molecule has 0 fully saturated rings. The Kier molecular flexibility index (Phi) is 2.44. The number of hydrogen-bond acceptors (Lipinski definition) is 2. The van der Waals surface area contributed by atoms with Crippen LogP contribution in [0.15, 0.2) is 42.0 Å². The molecule has 0 saturated carbocycles. The molecule has 0 spiro atoms. The van der Waals surface area contributed by atoms with Crippen LogP contribution in [0.5, 0.6) is 0 Å². The molecule has 0 aliphatic heterocycles. The average molecular weight is 238 g/mol. The first-order chi connectivity index (χ1) is 8.72. The minimum Gasteiger partial charge on any atom is -0.466 e. The Morgan fingerprint density at radius 1 is 1.17 bits per heavy atom. The van der Waals surface area contributed by atoms with Gasteiger partial charge in [-0.3, -0.25) is 0 Å². The normalized spacial score (nSPS) is 13.9. The standard InChI is InChI=1S/C16H14O2/c1-10-14(16(17)18-2)9-12-8-7-11-5-3-4-6-13(11)15(10)12/h3-8H,9H2,1-2H3. The summed E-state index contributed by atoms with van der Waals surface area (Å²) in [5.74, 6) is -0.215. The molecule has 0 atom stereocenters. The van der Waals surface area contributed by atoms with Crippen molar-refractivity contribution >= 4 is 22.3 Å². The first kappa shape index (κ1) is 11.0. The van der Waals surface area contributed by atoms with Crippen molar-refractivity contribution in [1.82, 2.24) is 0 Å². The van der Waals surface area contributed by atoms with E-state index < -0.39 is 0 Å². The van der Waals surface area contributed by atoms with Crippen molar-refractivity contribution in [3.63, 3.8) is 0 Å². The maximum Gasteiger partial charge on any atom is 0.334 e. The summed E-state index contributed by atoms with van der Waals surface area (Å²) >= 11 is 0. The van der Waals surface area contributed by atoms with Crippen LogP contribution in [-0.2, 0) is 16.0 Å². The van der Waals surface area contributed by atoms with Crippen molar-refractivity contribution in [3.05, 3.63) is 53.1 Å². The molecule has 2 heteroatoms. The molecule has 1 aliphatic rings. The zero-order valence-electron chi connectivity index (χ0n) is 10.5. The van der Waals surface area contributed by atoms with Gasteiger partial charge in [-0.05, 0) is 34.4 Å². The Balaban J connectivity index is 2.27. The zero-order chi connectivity index (χ0) is 12.7. The van der Waals surface area contributed by atoms with Gasteiger partial charge < -0.3 is 4.74 Å². The molecular formula is C16H14O2. The van der Waals surface area contributed by atoms with E-state index in [-0.39, 0.29) is 5.97 Å². The van der Waals surface area contributed by atoms with Crippen molar-refractivity contribution in [2.75, 3.05) is 7.11 Å². The summed E-state index contributed by atoms with van der Waals surface area (Å²) in [6.45, 7) is 2.00. The number of rotatable bonds is 1. The first-order valence-electron chi connectivity index (χ1n) is 6.01. The second-order valence-corrected chi connectivity index (χ2v) is 4.59. The molecule has 2 aromatic rings. The second kappa shape index (κ2) is 3.98. The van der Waals surface area contributed by atoms with Crippen LogP contribution in [0.4, 0.5) is 0 Å². The highest BCUT2D eigenvalue weighted by atomic mass is 16.5. The Morgan fingerprint density at radius 3 is 2.72 bits per heavy atom. The summed E-state index contributed by atoms with van der Waals surface area (Å²) in [7, 11) is 1.43. The lowest BCUT2D eigenvalue weighted by Gasteiger charge is -2.06. The maximum atomic E-state index is 11.7. The molecule has 3 rings (SSSR count). The average Bonchev–Trinajstić information content (AvgIpc) is 2.76. The van der Waals surface area contributed by atoms with Crippen LogP contribution in [-0.4, -0.2) is 13.1 Å². The third-order valence-corrected chi connectivity index (χ3v) is 3.64. The molecule has 0 saturated heterocycles. The molecule has 0 heterocycles. The molecule has 0 amide bonds. The number of hydrogen-bond donors (Lipinski definition) is 0. The van der Waals surface area contributed by atoms with Crippen molar-refractivity contribution < 1.29 is 9.53 Å². The van der Waals surface area contributed by atoms with Gasteiger partial charge >= 0.3 is 5.97 Å². The molecule has 2 aromatic carbocycles. The van der Waals surface area contributed by atoms with E-state index >= 15 is 0 Å². The highest BCUT2D eigenvalue weighted by Gasteiger charge is 2.25. The van der Waals surface area contributed by atoms with Crippen LogP contribution in [0, 0.1) is 0 Å². The summed E-state index contributed by atoms with van der Waals surface area (Å²) in [5.41, 5.74) is 4.25. The van der Waals surface area contributed by atoms with Crippen LogP contribution in [0.2, 0.25) is 0 Å². The Bertz CT molecular complexity index is 681. The minimum atomic E-state index is -0.215. The first-order valence-corrected chi connectivity index (χ1v) is 6.01. The maximum absolute atomic E-state index is 11.7. The van der Waals surface area contributed by atoms with Gasteiger partial charge in [-0.1, -0.05) is 36.4 Å². The van der Waals surface area contributed by atoms with Crippen molar-refractivity contribution in [1.29, 1.82) is 0 Å². The topological polar surface area (TPSA) is 26.3 Å². The number of carbonyl (C=O) groups excluding carboxylic acids is 1. The van der Waals surface area contributed by atoms with Crippen LogP contribution in [0.1, 0.15) is 18.1 Å². The number of ether oxygens (including phenoxy) is 1. The van der Waals surface area contributed by atoms with E-state index in [0.717, 1.165) is 11.1 Å². The van der Waals surface area contributed by atoms with E-state index in [9.17, 15) is 4.79 Å². The molecule has 0 N–H and O–H groups in total. The summed E-state index contributed by atoms with van der Waals surface area (Å²) in [4.78, 5) is 11.7. The SMILES string of the molecule is COC(=O)C1=C(C)c2c(ccc3ccccc23)C1. The van der Waals surface area contributed by atoms with E-state index in [2.05, 4.69) is 24.3 Å². The molecule has 0 bridgehead atoms. The van der Waals surface area contributed by atoms with Gasteiger partial charge in [0.05, 0.1) is 7.11 Å². The molecule has 2 nitrogen and oxygen atoms in total. The lowest BCUT2D eigenvalue weighted by Crippen LogP contribution is -2.05. The van der Waals surface area contributed by atoms with Gasteiger partial charge in [-0.2, -0.15) is 0 Å². The van der Waals surface area contributed by atoms with Gasteiger partial charge in [0.1, 0.15) is 0 Å². The number of fused-ring (bicyclic) bond motifs is 3. The Hall–Kier alpha value is -2.09. The van der Waals surface area contributed by atoms with Crippen molar-refractivity contribution in [2.45, 2.75) is 13.3 Å². The van der Waals surface area contributed by atoms with E-state index in [1.807, 2.05) is 19.1 Å². The lowest BCUT2D eigenvalue weighted by molar-refractivity contribution is -0.136. The third kappa shape index (κ3) is 1.46. The van der Waals surface area contributed by atoms with Gasteiger partial charge in [0.25, 0.3) is 0 Å². The summed E-state index contributed by atoms with van der Waals surface area (Å²) in [6, 6.07) is 12.5. The molecule has 90 valence electrons. The fourth-order valence-corrected chi connectivity index (χ4v) is 2.73. The highest BCUT2D eigenvalue weighted by molar-refractivity contribution is 6.06. The fourth-order valence-electron chi connectivity index (χ4n) is 2.73. The Morgan fingerprint density at radius 2 is 1.94 bits per heavy atom. The highest BCUT2D eigenvalue weighted by Crippen LogP contribution is 2.37. The smallest absolute Gasteiger partial charge is 0.334 e. The molecule has 0 unspecified atom stereocenters. The summed E-state index contributed by atoms with van der Waals surface area (Å²) in [6.07, 6.45) is 0.679. The van der Waals surface area contributed by atoms with Crippen LogP contribution < -0.4 is 0 Å².